The Morgan fingerprint density at radius 1 is 1.20 bits per heavy atom. The first-order valence-corrected chi connectivity index (χ1v) is 9.78. The fourth-order valence-electron chi connectivity index (χ4n) is 3.93. The van der Waals surface area contributed by atoms with Crippen molar-refractivity contribution in [1.82, 2.24) is 9.58 Å². The number of benzene rings is 1. The third-order valence-corrected chi connectivity index (χ3v) is 5.24. The van der Waals surface area contributed by atoms with Gasteiger partial charge in [-0.05, 0) is 18.4 Å². The van der Waals surface area contributed by atoms with E-state index in [0.717, 1.165) is 18.4 Å². The molecule has 4 rings (SSSR count). The van der Waals surface area contributed by atoms with E-state index in [9.17, 15) is 14.4 Å². The highest BCUT2D eigenvalue weighted by atomic mass is 16.8. The van der Waals surface area contributed by atoms with E-state index in [2.05, 4.69) is 9.75 Å². The molecule has 1 fully saturated rings. The number of fused-ring (bicyclic) bond motifs is 2. The molecule has 0 N–H and O–H groups in total. The standard InChI is InChI=1S/C21H23N3O6/c1-14(30-21(27)28-2)29-19-16(25)10-12-23-18(19)20(26)22-11-6-9-17(22)24(23)13-15-7-4-3-5-8-15/h3-5,7-8,10,12,14,17H,6,9,11,13H2,1-2H3. The lowest BCUT2D eigenvalue weighted by atomic mass is 10.2. The first-order chi connectivity index (χ1) is 14.5. The molecule has 9 heteroatoms. The van der Waals surface area contributed by atoms with E-state index in [1.54, 1.807) is 15.8 Å². The summed E-state index contributed by atoms with van der Waals surface area (Å²) in [5.41, 5.74) is 0.734. The highest BCUT2D eigenvalue weighted by Gasteiger charge is 2.42. The Morgan fingerprint density at radius 2 is 1.97 bits per heavy atom. The summed E-state index contributed by atoms with van der Waals surface area (Å²) < 4.78 is 16.7. The summed E-state index contributed by atoms with van der Waals surface area (Å²) in [6.45, 7) is 2.61. The summed E-state index contributed by atoms with van der Waals surface area (Å²) in [4.78, 5) is 39.0. The first kappa shape index (κ1) is 19.8. The van der Waals surface area contributed by atoms with Crippen molar-refractivity contribution in [3.8, 4) is 5.75 Å². The SMILES string of the molecule is COC(=O)OC(C)Oc1c2n(ccc1=O)N(Cc1ccccc1)C1CCCN1C2=O. The normalized spacial score (nSPS) is 18.5. The molecule has 0 saturated carbocycles. The molecule has 158 valence electrons. The van der Waals surface area contributed by atoms with Gasteiger partial charge in [0, 0.05) is 25.7 Å². The number of amides is 1. The van der Waals surface area contributed by atoms with Crippen LogP contribution in [0, 0.1) is 0 Å². The van der Waals surface area contributed by atoms with Crippen molar-refractivity contribution in [2.75, 3.05) is 18.7 Å². The van der Waals surface area contributed by atoms with Crippen LogP contribution >= 0.6 is 0 Å². The first-order valence-electron chi connectivity index (χ1n) is 9.78. The largest absolute Gasteiger partial charge is 0.511 e. The number of rotatable bonds is 5. The fraction of sp³-hybridized carbons (Fsp3) is 0.381. The van der Waals surface area contributed by atoms with Crippen molar-refractivity contribution in [3.63, 3.8) is 0 Å². The maximum absolute atomic E-state index is 13.3. The number of pyridine rings is 1. The minimum Gasteiger partial charge on any atom is -0.448 e. The summed E-state index contributed by atoms with van der Waals surface area (Å²) in [6.07, 6.45) is 1.14. The van der Waals surface area contributed by atoms with Gasteiger partial charge in [0.15, 0.2) is 5.69 Å². The number of hydrogen-bond donors (Lipinski definition) is 0. The van der Waals surface area contributed by atoms with Gasteiger partial charge in [-0.3, -0.25) is 19.3 Å². The molecule has 1 saturated heterocycles. The van der Waals surface area contributed by atoms with E-state index in [4.69, 9.17) is 9.47 Å². The number of aromatic nitrogens is 1. The third kappa shape index (κ3) is 3.58. The number of ether oxygens (including phenoxy) is 3. The van der Waals surface area contributed by atoms with Crippen LogP contribution in [0.1, 0.15) is 35.8 Å². The Balaban J connectivity index is 1.75. The van der Waals surface area contributed by atoms with Crippen LogP contribution < -0.4 is 15.2 Å². The molecule has 2 aliphatic heterocycles. The van der Waals surface area contributed by atoms with Crippen LogP contribution in [0.5, 0.6) is 5.75 Å². The minimum atomic E-state index is -1.11. The van der Waals surface area contributed by atoms with Gasteiger partial charge < -0.3 is 19.1 Å². The van der Waals surface area contributed by atoms with Gasteiger partial charge in [0.25, 0.3) is 5.91 Å². The van der Waals surface area contributed by atoms with Crippen LogP contribution in [-0.4, -0.2) is 47.7 Å². The monoisotopic (exact) mass is 413 g/mol. The third-order valence-electron chi connectivity index (χ3n) is 5.24. The van der Waals surface area contributed by atoms with Crippen molar-refractivity contribution in [1.29, 1.82) is 0 Å². The van der Waals surface area contributed by atoms with Gasteiger partial charge in [-0.2, -0.15) is 0 Å². The molecule has 2 aromatic rings. The van der Waals surface area contributed by atoms with Crippen LogP contribution in [0.25, 0.3) is 0 Å². The zero-order valence-electron chi connectivity index (χ0n) is 16.8. The van der Waals surface area contributed by atoms with Crippen LogP contribution in [0.3, 0.4) is 0 Å². The second-order valence-corrected chi connectivity index (χ2v) is 7.16. The van der Waals surface area contributed by atoms with Crippen molar-refractivity contribution in [3.05, 3.63) is 64.1 Å². The lowest BCUT2D eigenvalue weighted by Crippen LogP contribution is -2.58. The predicted molar refractivity (Wildman–Crippen MR) is 107 cm³/mol. The van der Waals surface area contributed by atoms with E-state index in [-0.39, 0.29) is 23.5 Å². The Morgan fingerprint density at radius 3 is 2.70 bits per heavy atom. The molecule has 3 heterocycles. The van der Waals surface area contributed by atoms with Gasteiger partial charge in [-0.1, -0.05) is 30.3 Å². The summed E-state index contributed by atoms with van der Waals surface area (Å²) in [5, 5.41) is 2.05. The maximum atomic E-state index is 13.3. The Kier molecular flexibility index (Phi) is 5.35. The molecule has 1 aromatic carbocycles. The highest BCUT2D eigenvalue weighted by Crippen LogP contribution is 2.31. The molecule has 1 amide bonds. The van der Waals surface area contributed by atoms with Gasteiger partial charge in [0.2, 0.25) is 17.5 Å². The molecular weight excluding hydrogens is 390 g/mol. The fourth-order valence-corrected chi connectivity index (χ4v) is 3.93. The number of nitrogens with zero attached hydrogens (tertiary/aromatic N) is 3. The molecule has 9 nitrogen and oxygen atoms in total. The van der Waals surface area contributed by atoms with E-state index < -0.39 is 17.9 Å². The zero-order valence-corrected chi connectivity index (χ0v) is 16.8. The smallest absolute Gasteiger partial charge is 0.448 e. The molecule has 30 heavy (non-hydrogen) atoms. The summed E-state index contributed by atoms with van der Waals surface area (Å²) in [6, 6.07) is 11.3. The lowest BCUT2D eigenvalue weighted by molar-refractivity contribution is -0.0484. The number of carbonyl (C=O) groups is 2. The van der Waals surface area contributed by atoms with Crippen LogP contribution in [0.4, 0.5) is 4.79 Å². The second-order valence-electron chi connectivity index (χ2n) is 7.16. The quantitative estimate of drug-likeness (QED) is 0.547. The molecule has 0 bridgehead atoms. The van der Waals surface area contributed by atoms with Crippen molar-refractivity contribution in [2.45, 2.75) is 38.8 Å². The van der Waals surface area contributed by atoms with E-state index >= 15 is 0 Å². The van der Waals surface area contributed by atoms with E-state index in [1.165, 1.54) is 20.1 Å². The maximum Gasteiger partial charge on any atom is 0.511 e. The van der Waals surface area contributed by atoms with Gasteiger partial charge >= 0.3 is 6.16 Å². The van der Waals surface area contributed by atoms with Crippen molar-refractivity contribution >= 4 is 12.1 Å². The van der Waals surface area contributed by atoms with Crippen LogP contribution in [-0.2, 0) is 16.0 Å². The predicted octanol–water partition coefficient (Wildman–Crippen LogP) is 2.07. The molecule has 0 radical (unpaired) electrons. The Labute approximate surface area is 173 Å². The average Bonchev–Trinajstić information content (AvgIpc) is 3.23. The molecule has 0 spiro atoms. The Hall–Kier alpha value is -3.49. The van der Waals surface area contributed by atoms with Gasteiger partial charge in [0.1, 0.15) is 6.17 Å². The minimum absolute atomic E-state index is 0.107. The van der Waals surface area contributed by atoms with Crippen molar-refractivity contribution < 1.29 is 23.8 Å². The number of methoxy groups -OCH3 is 1. The summed E-state index contributed by atoms with van der Waals surface area (Å²) >= 11 is 0. The highest BCUT2D eigenvalue weighted by molar-refractivity contribution is 5.96. The average molecular weight is 413 g/mol. The molecule has 2 unspecified atom stereocenters. The van der Waals surface area contributed by atoms with E-state index in [1.807, 2.05) is 30.3 Å². The van der Waals surface area contributed by atoms with Gasteiger partial charge in [0.05, 0.1) is 13.7 Å². The lowest BCUT2D eigenvalue weighted by Gasteiger charge is -2.43. The molecule has 2 aliphatic rings. The van der Waals surface area contributed by atoms with E-state index in [0.29, 0.717) is 13.1 Å². The molecule has 1 aromatic heterocycles. The molecule has 0 aliphatic carbocycles. The number of hydrogen-bond acceptors (Lipinski definition) is 7. The molecule has 2 atom stereocenters. The van der Waals surface area contributed by atoms with Gasteiger partial charge in [-0.15, -0.1) is 0 Å². The zero-order chi connectivity index (χ0) is 21.3. The van der Waals surface area contributed by atoms with Gasteiger partial charge in [-0.25, -0.2) is 4.79 Å². The molecular formula is C21H23N3O6. The summed E-state index contributed by atoms with van der Waals surface area (Å²) in [5.74, 6) is -0.429. The summed E-state index contributed by atoms with van der Waals surface area (Å²) in [7, 11) is 1.17. The van der Waals surface area contributed by atoms with Crippen LogP contribution in [0.2, 0.25) is 0 Å². The Bertz CT molecular complexity index is 1010. The second kappa shape index (κ2) is 8.10. The topological polar surface area (TPSA) is 90.3 Å². The number of carbonyl (C=O) groups excluding carboxylic acids is 2. The van der Waals surface area contributed by atoms with Crippen LogP contribution in [0.15, 0.2) is 47.4 Å². The van der Waals surface area contributed by atoms with Crippen molar-refractivity contribution in [2.24, 2.45) is 0 Å².